The van der Waals surface area contributed by atoms with Crippen molar-refractivity contribution in [2.75, 3.05) is 4.90 Å². The van der Waals surface area contributed by atoms with Gasteiger partial charge in [-0.05, 0) is 31.9 Å². The van der Waals surface area contributed by atoms with E-state index in [2.05, 4.69) is 5.32 Å². The third kappa shape index (κ3) is 2.43. The van der Waals surface area contributed by atoms with Crippen LogP contribution in [0.5, 0.6) is 0 Å². The van der Waals surface area contributed by atoms with E-state index in [1.165, 1.54) is 4.90 Å². The minimum atomic E-state index is -1.19. The van der Waals surface area contributed by atoms with E-state index in [1.54, 1.807) is 31.2 Å². The highest BCUT2D eigenvalue weighted by Gasteiger charge is 2.76. The minimum absolute atomic E-state index is 0.107. The quantitative estimate of drug-likeness (QED) is 0.750. The van der Waals surface area contributed by atoms with Crippen molar-refractivity contribution in [1.29, 1.82) is 0 Å². The Labute approximate surface area is 169 Å². The van der Waals surface area contributed by atoms with Crippen LogP contribution in [0.25, 0.3) is 0 Å². The Morgan fingerprint density at radius 2 is 1.86 bits per heavy atom. The second-order valence-electron chi connectivity index (χ2n) is 8.77. The summed E-state index contributed by atoms with van der Waals surface area (Å²) < 4.78 is 6.33. The molecular weight excluding hydrogens is 370 g/mol. The highest BCUT2D eigenvalue weighted by molar-refractivity contribution is 6.10. The van der Waals surface area contributed by atoms with Crippen LogP contribution in [0, 0.1) is 11.8 Å². The smallest absolute Gasteiger partial charge is 0.246 e. The maximum absolute atomic E-state index is 13.6. The number of nitrogens with two attached hydrogens (primary N) is 1. The SMILES string of the molecule is C[C@@]12C=C[C@]3(O1)[C@H](C(=O)N(c1ccccc1)[C@@H]3C(=O)NC1CCCC1)[C@@H]2C(N)=O. The molecule has 29 heavy (non-hydrogen) atoms. The zero-order valence-electron chi connectivity index (χ0n) is 16.3. The van der Waals surface area contributed by atoms with Gasteiger partial charge in [0.1, 0.15) is 11.6 Å². The molecule has 2 bridgehead atoms. The van der Waals surface area contributed by atoms with Crippen LogP contribution >= 0.6 is 0 Å². The molecule has 1 saturated carbocycles. The van der Waals surface area contributed by atoms with E-state index in [0.717, 1.165) is 25.7 Å². The van der Waals surface area contributed by atoms with Crippen molar-refractivity contribution in [3.63, 3.8) is 0 Å². The fraction of sp³-hybridized carbons (Fsp3) is 0.500. The van der Waals surface area contributed by atoms with Gasteiger partial charge in [0.25, 0.3) is 0 Å². The Hall–Kier alpha value is -2.67. The van der Waals surface area contributed by atoms with Gasteiger partial charge in [-0.25, -0.2) is 0 Å². The van der Waals surface area contributed by atoms with E-state index in [-0.39, 0.29) is 17.9 Å². The molecule has 1 aliphatic carbocycles. The minimum Gasteiger partial charge on any atom is -0.369 e. The molecule has 7 nitrogen and oxygen atoms in total. The van der Waals surface area contributed by atoms with Crippen LogP contribution in [-0.2, 0) is 19.1 Å². The van der Waals surface area contributed by atoms with Crippen molar-refractivity contribution in [2.24, 2.45) is 17.6 Å². The van der Waals surface area contributed by atoms with Gasteiger partial charge in [-0.1, -0.05) is 43.2 Å². The molecule has 5 atom stereocenters. The Morgan fingerprint density at radius 3 is 2.52 bits per heavy atom. The molecule has 152 valence electrons. The van der Waals surface area contributed by atoms with Crippen LogP contribution in [0.1, 0.15) is 32.6 Å². The third-order valence-corrected chi connectivity index (χ3v) is 6.99. The Kier molecular flexibility index (Phi) is 3.90. The number of carbonyl (C=O) groups excluding carboxylic acids is 3. The Morgan fingerprint density at radius 1 is 1.17 bits per heavy atom. The summed E-state index contributed by atoms with van der Waals surface area (Å²) in [5.41, 5.74) is 4.15. The highest BCUT2D eigenvalue weighted by Crippen LogP contribution is 2.60. The van der Waals surface area contributed by atoms with Gasteiger partial charge < -0.3 is 15.8 Å². The molecule has 5 rings (SSSR count). The van der Waals surface area contributed by atoms with Gasteiger partial charge in [0.05, 0.1) is 17.4 Å². The zero-order valence-corrected chi connectivity index (χ0v) is 16.3. The first-order valence-electron chi connectivity index (χ1n) is 10.3. The summed E-state index contributed by atoms with van der Waals surface area (Å²) in [6, 6.07) is 8.31. The molecule has 3 amide bonds. The molecular formula is C22H25N3O4. The predicted molar refractivity (Wildman–Crippen MR) is 106 cm³/mol. The van der Waals surface area contributed by atoms with Crippen molar-refractivity contribution >= 4 is 23.4 Å². The maximum Gasteiger partial charge on any atom is 0.246 e. The van der Waals surface area contributed by atoms with E-state index in [0.29, 0.717) is 5.69 Å². The number of hydrogen-bond acceptors (Lipinski definition) is 4. The molecule has 3 aliphatic heterocycles. The highest BCUT2D eigenvalue weighted by atomic mass is 16.5. The summed E-state index contributed by atoms with van der Waals surface area (Å²) in [4.78, 5) is 40.9. The number of hydrogen-bond donors (Lipinski definition) is 2. The Balaban J connectivity index is 1.61. The molecule has 2 saturated heterocycles. The number of carbonyl (C=O) groups is 3. The average Bonchev–Trinajstić information content (AvgIpc) is 3.42. The van der Waals surface area contributed by atoms with Crippen molar-refractivity contribution in [2.45, 2.75) is 55.9 Å². The number of rotatable bonds is 4. The van der Waals surface area contributed by atoms with Crippen LogP contribution in [0.4, 0.5) is 5.69 Å². The van der Waals surface area contributed by atoms with Gasteiger partial charge in [0.15, 0.2) is 0 Å². The molecule has 0 radical (unpaired) electrons. The van der Waals surface area contributed by atoms with E-state index < -0.39 is 35.0 Å². The van der Waals surface area contributed by atoms with Gasteiger partial charge in [-0.15, -0.1) is 0 Å². The molecule has 3 heterocycles. The second kappa shape index (κ2) is 6.16. The number of nitrogens with zero attached hydrogens (tertiary/aromatic N) is 1. The lowest BCUT2D eigenvalue weighted by Gasteiger charge is -2.33. The first kappa shape index (κ1) is 18.4. The number of para-hydroxylation sites is 1. The largest absolute Gasteiger partial charge is 0.369 e. The fourth-order valence-corrected chi connectivity index (χ4v) is 5.79. The van der Waals surface area contributed by atoms with Gasteiger partial charge >= 0.3 is 0 Å². The number of amides is 3. The summed E-state index contributed by atoms with van der Waals surface area (Å²) in [6.07, 6.45) is 7.64. The maximum atomic E-state index is 13.6. The number of primary amides is 1. The fourth-order valence-electron chi connectivity index (χ4n) is 5.79. The lowest BCUT2D eigenvalue weighted by molar-refractivity contribution is -0.132. The van der Waals surface area contributed by atoms with Crippen molar-refractivity contribution in [3.8, 4) is 0 Å². The number of fused-ring (bicyclic) bond motifs is 1. The zero-order chi connectivity index (χ0) is 20.4. The Bertz CT molecular complexity index is 910. The molecule has 1 aromatic carbocycles. The molecule has 3 fully saturated rings. The van der Waals surface area contributed by atoms with Crippen LogP contribution in [0.15, 0.2) is 42.5 Å². The molecule has 1 aromatic rings. The van der Waals surface area contributed by atoms with Crippen LogP contribution in [0.2, 0.25) is 0 Å². The lowest BCUT2D eigenvalue weighted by Crippen LogP contribution is -2.56. The third-order valence-electron chi connectivity index (χ3n) is 6.99. The monoisotopic (exact) mass is 395 g/mol. The van der Waals surface area contributed by atoms with Crippen LogP contribution < -0.4 is 16.0 Å². The lowest BCUT2D eigenvalue weighted by atomic mass is 9.70. The van der Waals surface area contributed by atoms with Crippen LogP contribution in [-0.4, -0.2) is 41.0 Å². The first-order valence-corrected chi connectivity index (χ1v) is 10.3. The molecule has 1 spiro atoms. The second-order valence-corrected chi connectivity index (χ2v) is 8.77. The van der Waals surface area contributed by atoms with E-state index in [1.807, 2.05) is 18.2 Å². The topological polar surface area (TPSA) is 102 Å². The standard InChI is InChI=1S/C22H25N3O4/c1-21-11-12-22(29-21)16(15(21)18(23)26)20(28)25(14-9-3-2-4-10-14)17(22)19(27)24-13-7-5-6-8-13/h2-4,9-13,15-17H,5-8H2,1H3,(H2,23,26)(H,24,27)/t15-,16+,17-,21+,22+/m1/s1. The van der Waals surface area contributed by atoms with Crippen molar-refractivity contribution < 1.29 is 19.1 Å². The van der Waals surface area contributed by atoms with E-state index in [9.17, 15) is 14.4 Å². The van der Waals surface area contributed by atoms with Gasteiger partial charge in [0.2, 0.25) is 17.7 Å². The molecule has 3 N–H and O–H groups in total. The number of benzene rings is 1. The van der Waals surface area contributed by atoms with E-state index in [4.69, 9.17) is 10.5 Å². The van der Waals surface area contributed by atoms with Crippen molar-refractivity contribution in [3.05, 3.63) is 42.5 Å². The molecule has 4 aliphatic rings. The predicted octanol–water partition coefficient (Wildman–Crippen LogP) is 1.28. The summed E-state index contributed by atoms with van der Waals surface area (Å²) in [6.45, 7) is 1.76. The summed E-state index contributed by atoms with van der Waals surface area (Å²) in [5.74, 6) is -2.73. The molecule has 0 aromatic heterocycles. The number of nitrogens with one attached hydrogen (secondary N) is 1. The normalized spacial score (nSPS) is 37.9. The summed E-state index contributed by atoms with van der Waals surface area (Å²) >= 11 is 0. The number of anilines is 1. The van der Waals surface area contributed by atoms with Gasteiger partial charge in [-0.2, -0.15) is 0 Å². The summed E-state index contributed by atoms with van der Waals surface area (Å²) in [7, 11) is 0. The summed E-state index contributed by atoms with van der Waals surface area (Å²) in [5, 5.41) is 3.13. The first-order chi connectivity index (χ1) is 13.9. The average molecular weight is 395 g/mol. The van der Waals surface area contributed by atoms with E-state index >= 15 is 0 Å². The number of ether oxygens (including phenoxy) is 1. The van der Waals surface area contributed by atoms with Gasteiger partial charge in [-0.3, -0.25) is 19.3 Å². The molecule has 7 heteroatoms. The van der Waals surface area contributed by atoms with Gasteiger partial charge in [0, 0.05) is 11.7 Å². The molecule has 0 unspecified atom stereocenters. The van der Waals surface area contributed by atoms with Crippen molar-refractivity contribution in [1.82, 2.24) is 5.32 Å². The van der Waals surface area contributed by atoms with Crippen LogP contribution in [0.3, 0.4) is 0 Å².